The number of carbonyl (C=O) groups is 2. The molecule has 1 saturated carbocycles. The maximum absolute atomic E-state index is 12.2. The number of thiazole rings is 1. The topological polar surface area (TPSA) is 71.1 Å². The first-order valence-corrected chi connectivity index (χ1v) is 9.86. The molecule has 5 nitrogen and oxygen atoms in total. The van der Waals surface area contributed by atoms with Crippen LogP contribution in [0.5, 0.6) is 0 Å². The number of hydrogen-bond acceptors (Lipinski definition) is 5. The number of amides is 2. The van der Waals surface area contributed by atoms with Crippen LogP contribution in [0.2, 0.25) is 0 Å². The Labute approximate surface area is 153 Å². The molecule has 0 atom stereocenters. The minimum Gasteiger partial charge on any atom is -0.354 e. The van der Waals surface area contributed by atoms with Gasteiger partial charge >= 0.3 is 0 Å². The zero-order valence-electron chi connectivity index (χ0n) is 13.5. The number of nitrogens with zero attached hydrogens (tertiary/aromatic N) is 1. The van der Waals surface area contributed by atoms with E-state index in [4.69, 9.17) is 0 Å². The molecular weight excluding hydrogens is 354 g/mol. The predicted octanol–water partition coefficient (Wildman–Crippen LogP) is 3.28. The molecule has 3 aromatic rings. The number of nitrogens with one attached hydrogen (secondary N) is 2. The van der Waals surface area contributed by atoms with Crippen molar-refractivity contribution in [1.82, 2.24) is 15.6 Å². The smallest absolute Gasteiger partial charge is 0.261 e. The molecule has 4 rings (SSSR count). The summed E-state index contributed by atoms with van der Waals surface area (Å²) < 4.78 is 1.14. The molecule has 0 radical (unpaired) electrons. The summed E-state index contributed by atoms with van der Waals surface area (Å²) in [4.78, 5) is 30.0. The van der Waals surface area contributed by atoms with Gasteiger partial charge in [-0.15, -0.1) is 22.7 Å². The minimum absolute atomic E-state index is 0.100. The summed E-state index contributed by atoms with van der Waals surface area (Å²) in [5.74, 6) is 0.186. The lowest BCUT2D eigenvalue weighted by Gasteiger charge is -2.05. The summed E-state index contributed by atoms with van der Waals surface area (Å²) in [5.41, 5.74) is 0.980. The summed E-state index contributed by atoms with van der Waals surface area (Å²) in [5, 5.41) is 6.62. The monoisotopic (exact) mass is 371 g/mol. The van der Waals surface area contributed by atoms with E-state index in [1.807, 2.05) is 36.4 Å². The van der Waals surface area contributed by atoms with Gasteiger partial charge in [0.25, 0.3) is 5.91 Å². The van der Waals surface area contributed by atoms with Gasteiger partial charge < -0.3 is 10.6 Å². The molecule has 1 aliphatic rings. The number of fused-ring (bicyclic) bond motifs is 1. The Morgan fingerprint density at radius 3 is 2.64 bits per heavy atom. The lowest BCUT2D eigenvalue weighted by Crippen LogP contribution is -2.35. The number of rotatable bonds is 6. The van der Waals surface area contributed by atoms with E-state index in [9.17, 15) is 9.59 Å². The third-order valence-electron chi connectivity index (χ3n) is 3.99. The highest BCUT2D eigenvalue weighted by Crippen LogP contribution is 2.34. The average molecular weight is 371 g/mol. The van der Waals surface area contributed by atoms with Crippen LogP contribution in [0.15, 0.2) is 36.4 Å². The van der Waals surface area contributed by atoms with Gasteiger partial charge in [0.2, 0.25) is 5.91 Å². The Balaban J connectivity index is 1.35. The number of aromatic nitrogens is 1. The Bertz CT molecular complexity index is 894. The van der Waals surface area contributed by atoms with Crippen LogP contribution in [-0.2, 0) is 4.79 Å². The molecule has 0 aliphatic heterocycles. The van der Waals surface area contributed by atoms with Crippen LogP contribution < -0.4 is 10.6 Å². The normalized spacial score (nSPS) is 13.8. The first kappa shape index (κ1) is 16.2. The molecule has 1 fully saturated rings. The maximum Gasteiger partial charge on any atom is 0.261 e. The molecule has 0 spiro atoms. The van der Waals surface area contributed by atoms with Gasteiger partial charge in [-0.2, -0.15) is 0 Å². The van der Waals surface area contributed by atoms with Gasteiger partial charge in [-0.1, -0.05) is 12.1 Å². The quantitative estimate of drug-likeness (QED) is 0.653. The summed E-state index contributed by atoms with van der Waals surface area (Å²) in [6, 6.07) is 11.8. The SMILES string of the molecule is O=C(NCCNC(=O)C1CC1)c1ccc(-c2nc3ccccc3s2)s1. The summed E-state index contributed by atoms with van der Waals surface area (Å²) in [7, 11) is 0. The number of benzene rings is 1. The van der Waals surface area contributed by atoms with Crippen LogP contribution in [0.4, 0.5) is 0 Å². The Kier molecular flexibility index (Phi) is 4.50. The molecule has 1 aliphatic carbocycles. The van der Waals surface area contributed by atoms with Gasteiger partial charge in [0, 0.05) is 19.0 Å². The van der Waals surface area contributed by atoms with Crippen molar-refractivity contribution in [2.75, 3.05) is 13.1 Å². The second kappa shape index (κ2) is 6.93. The van der Waals surface area contributed by atoms with Gasteiger partial charge in [0.15, 0.2) is 0 Å². The van der Waals surface area contributed by atoms with Crippen LogP contribution in [0.1, 0.15) is 22.5 Å². The molecule has 2 heterocycles. The third-order valence-corrected chi connectivity index (χ3v) is 6.28. The molecule has 7 heteroatoms. The van der Waals surface area contributed by atoms with Gasteiger partial charge in [-0.3, -0.25) is 9.59 Å². The van der Waals surface area contributed by atoms with Crippen molar-refractivity contribution in [3.63, 3.8) is 0 Å². The molecule has 2 aromatic heterocycles. The fraction of sp³-hybridized carbons (Fsp3) is 0.278. The fourth-order valence-corrected chi connectivity index (χ4v) is 4.43. The predicted molar refractivity (Wildman–Crippen MR) is 101 cm³/mol. The molecule has 1 aromatic carbocycles. The number of carbonyl (C=O) groups excluding carboxylic acids is 2. The van der Waals surface area contributed by atoms with Crippen LogP contribution >= 0.6 is 22.7 Å². The number of hydrogen-bond donors (Lipinski definition) is 2. The van der Waals surface area contributed by atoms with E-state index in [1.54, 1.807) is 11.3 Å². The Morgan fingerprint density at radius 2 is 1.84 bits per heavy atom. The van der Waals surface area contributed by atoms with Gasteiger partial charge in [0.05, 0.1) is 20.0 Å². The standard InChI is InChI=1S/C18H17N3O2S2/c22-16(11-5-6-11)19-9-10-20-17(23)14-7-8-15(24-14)18-21-12-3-1-2-4-13(12)25-18/h1-4,7-8,11H,5-6,9-10H2,(H,19,22)(H,20,23). The lowest BCUT2D eigenvalue weighted by molar-refractivity contribution is -0.122. The number of thiophene rings is 1. The largest absolute Gasteiger partial charge is 0.354 e. The second-order valence-electron chi connectivity index (χ2n) is 5.97. The van der Waals surface area contributed by atoms with E-state index in [-0.39, 0.29) is 17.7 Å². The van der Waals surface area contributed by atoms with Crippen molar-refractivity contribution in [2.45, 2.75) is 12.8 Å². The molecule has 0 bridgehead atoms. The van der Waals surface area contributed by atoms with Crippen molar-refractivity contribution in [3.05, 3.63) is 41.3 Å². The van der Waals surface area contributed by atoms with E-state index in [1.165, 1.54) is 11.3 Å². The first-order valence-electron chi connectivity index (χ1n) is 8.22. The van der Waals surface area contributed by atoms with E-state index < -0.39 is 0 Å². The first-order chi connectivity index (χ1) is 12.2. The van der Waals surface area contributed by atoms with E-state index in [2.05, 4.69) is 15.6 Å². The zero-order chi connectivity index (χ0) is 17.2. The summed E-state index contributed by atoms with van der Waals surface area (Å²) in [6.07, 6.45) is 1.98. The van der Waals surface area contributed by atoms with Crippen molar-refractivity contribution in [2.24, 2.45) is 5.92 Å². The lowest BCUT2D eigenvalue weighted by atomic mass is 10.3. The second-order valence-corrected chi connectivity index (χ2v) is 8.09. The Hall–Kier alpha value is -2.25. The van der Waals surface area contributed by atoms with Crippen molar-refractivity contribution in [3.8, 4) is 9.88 Å². The van der Waals surface area contributed by atoms with E-state index in [0.717, 1.165) is 32.9 Å². The van der Waals surface area contributed by atoms with Crippen LogP contribution in [0, 0.1) is 5.92 Å². The molecule has 2 N–H and O–H groups in total. The van der Waals surface area contributed by atoms with Gasteiger partial charge in [-0.05, 0) is 37.1 Å². The molecule has 0 unspecified atom stereocenters. The van der Waals surface area contributed by atoms with Crippen molar-refractivity contribution in [1.29, 1.82) is 0 Å². The maximum atomic E-state index is 12.2. The Morgan fingerprint density at radius 1 is 1.04 bits per heavy atom. The highest BCUT2D eigenvalue weighted by Gasteiger charge is 2.29. The molecular formula is C18H17N3O2S2. The highest BCUT2D eigenvalue weighted by molar-refractivity contribution is 7.26. The van der Waals surface area contributed by atoms with Crippen LogP contribution in [-0.4, -0.2) is 29.9 Å². The molecule has 128 valence electrons. The molecule has 0 saturated heterocycles. The van der Waals surface area contributed by atoms with Crippen LogP contribution in [0.3, 0.4) is 0 Å². The third kappa shape index (κ3) is 3.72. The summed E-state index contributed by atoms with van der Waals surface area (Å²) in [6.45, 7) is 0.906. The average Bonchev–Trinajstić information content (AvgIpc) is 3.20. The van der Waals surface area contributed by atoms with Crippen molar-refractivity contribution < 1.29 is 9.59 Å². The zero-order valence-corrected chi connectivity index (χ0v) is 15.1. The fourth-order valence-electron chi connectivity index (χ4n) is 2.49. The van der Waals surface area contributed by atoms with Gasteiger partial charge in [-0.25, -0.2) is 4.98 Å². The van der Waals surface area contributed by atoms with Crippen LogP contribution in [0.25, 0.3) is 20.1 Å². The minimum atomic E-state index is -0.113. The van der Waals surface area contributed by atoms with E-state index in [0.29, 0.717) is 18.0 Å². The molecule has 2 amide bonds. The highest BCUT2D eigenvalue weighted by atomic mass is 32.1. The van der Waals surface area contributed by atoms with Crippen molar-refractivity contribution >= 4 is 44.7 Å². The summed E-state index contributed by atoms with van der Waals surface area (Å²) >= 11 is 3.07. The van der Waals surface area contributed by atoms with Gasteiger partial charge in [0.1, 0.15) is 5.01 Å². The van der Waals surface area contributed by atoms with E-state index >= 15 is 0 Å². The molecule has 25 heavy (non-hydrogen) atoms. The number of para-hydroxylation sites is 1.